The van der Waals surface area contributed by atoms with Crippen molar-refractivity contribution in [3.63, 3.8) is 0 Å². The van der Waals surface area contributed by atoms with E-state index in [-0.39, 0.29) is 18.9 Å². The van der Waals surface area contributed by atoms with E-state index in [0.29, 0.717) is 36.3 Å². The number of rotatable bonds is 5. The zero-order valence-corrected chi connectivity index (χ0v) is 14.7. The third-order valence-corrected chi connectivity index (χ3v) is 5.62. The molecule has 26 heavy (non-hydrogen) atoms. The maximum atomic E-state index is 13.0. The van der Waals surface area contributed by atoms with Crippen LogP contribution in [0.4, 0.5) is 0 Å². The summed E-state index contributed by atoms with van der Waals surface area (Å²) in [6.07, 6.45) is 7.64. The Morgan fingerprint density at radius 1 is 1.31 bits per heavy atom. The summed E-state index contributed by atoms with van der Waals surface area (Å²) in [4.78, 5) is 19.1. The Balaban J connectivity index is 1.30. The third kappa shape index (κ3) is 3.05. The van der Waals surface area contributed by atoms with E-state index in [1.165, 1.54) is 0 Å². The number of nitrogens with zero attached hydrogens (tertiary/aromatic N) is 3. The highest BCUT2D eigenvalue weighted by atomic mass is 16.5. The van der Waals surface area contributed by atoms with Crippen LogP contribution in [0.5, 0.6) is 0 Å². The molecule has 1 aliphatic heterocycles. The number of hydrogen-bond donors (Lipinski definition) is 1. The summed E-state index contributed by atoms with van der Waals surface area (Å²) in [7, 11) is 0. The molecule has 1 unspecified atom stereocenters. The summed E-state index contributed by atoms with van der Waals surface area (Å²) in [5.74, 6) is 2.77. The van der Waals surface area contributed by atoms with E-state index >= 15 is 0 Å². The molecule has 3 fully saturated rings. The molecule has 3 aliphatic rings. The van der Waals surface area contributed by atoms with Crippen LogP contribution in [-0.4, -0.2) is 44.7 Å². The van der Waals surface area contributed by atoms with Crippen LogP contribution < -0.4 is 0 Å². The standard InChI is InChI=1S/C19H23N3O4/c23-18(14-6-9-25-16(14)12-2-3-12)22-8-1-7-19(24,11-22)10-15-20-17(21-26-15)13-4-5-13/h6,9,12-13,24H,1-5,7-8,10-11H2. The SMILES string of the molecule is O=C(c1ccoc1C1CC1)N1CCCC(O)(Cc2nc(C3CC3)no2)C1. The van der Waals surface area contributed by atoms with Gasteiger partial charge < -0.3 is 18.9 Å². The van der Waals surface area contributed by atoms with Gasteiger partial charge in [0.2, 0.25) is 5.89 Å². The quantitative estimate of drug-likeness (QED) is 0.884. The van der Waals surface area contributed by atoms with Gasteiger partial charge in [-0.15, -0.1) is 0 Å². The second-order valence-corrected chi connectivity index (χ2v) is 8.02. The molecule has 5 rings (SSSR count). The minimum atomic E-state index is -1.02. The Morgan fingerprint density at radius 2 is 2.12 bits per heavy atom. The summed E-state index contributed by atoms with van der Waals surface area (Å²) >= 11 is 0. The van der Waals surface area contributed by atoms with Crippen LogP contribution in [0.2, 0.25) is 0 Å². The van der Waals surface area contributed by atoms with Crippen molar-refractivity contribution in [1.82, 2.24) is 15.0 Å². The zero-order chi connectivity index (χ0) is 17.7. The minimum absolute atomic E-state index is 0.0528. The van der Waals surface area contributed by atoms with Gasteiger partial charge in [0.15, 0.2) is 5.82 Å². The molecule has 1 N–H and O–H groups in total. The van der Waals surface area contributed by atoms with Crippen molar-refractivity contribution in [2.24, 2.45) is 0 Å². The molecule has 7 heteroatoms. The smallest absolute Gasteiger partial charge is 0.257 e. The monoisotopic (exact) mass is 357 g/mol. The van der Waals surface area contributed by atoms with E-state index < -0.39 is 5.60 Å². The van der Waals surface area contributed by atoms with Gasteiger partial charge in [-0.05, 0) is 44.6 Å². The Labute approximate surface area is 151 Å². The van der Waals surface area contributed by atoms with Gasteiger partial charge in [0.1, 0.15) is 5.76 Å². The average molecular weight is 357 g/mol. The van der Waals surface area contributed by atoms with E-state index in [1.54, 1.807) is 17.2 Å². The Hall–Kier alpha value is -2.15. The summed E-state index contributed by atoms with van der Waals surface area (Å²) in [6.45, 7) is 0.926. The van der Waals surface area contributed by atoms with Crippen LogP contribution in [-0.2, 0) is 6.42 Å². The van der Waals surface area contributed by atoms with E-state index in [9.17, 15) is 9.90 Å². The van der Waals surface area contributed by atoms with E-state index in [2.05, 4.69) is 10.1 Å². The van der Waals surface area contributed by atoms with Crippen LogP contribution in [0.25, 0.3) is 0 Å². The van der Waals surface area contributed by atoms with Gasteiger partial charge in [-0.3, -0.25) is 4.79 Å². The zero-order valence-electron chi connectivity index (χ0n) is 14.7. The average Bonchev–Trinajstić information content (AvgIpc) is 3.56. The molecular weight excluding hydrogens is 334 g/mol. The normalized spacial score (nSPS) is 26.3. The third-order valence-electron chi connectivity index (χ3n) is 5.62. The highest BCUT2D eigenvalue weighted by molar-refractivity contribution is 5.95. The molecule has 0 radical (unpaired) electrons. The lowest BCUT2D eigenvalue weighted by atomic mass is 9.89. The van der Waals surface area contributed by atoms with Crippen molar-refractivity contribution in [3.05, 3.63) is 35.4 Å². The Kier molecular flexibility index (Phi) is 3.67. The van der Waals surface area contributed by atoms with Crippen LogP contribution in [0.3, 0.4) is 0 Å². The molecule has 2 aliphatic carbocycles. The molecule has 138 valence electrons. The number of aliphatic hydroxyl groups is 1. The molecule has 2 aromatic rings. The van der Waals surface area contributed by atoms with Gasteiger partial charge in [-0.2, -0.15) is 4.98 Å². The van der Waals surface area contributed by atoms with Gasteiger partial charge >= 0.3 is 0 Å². The number of amides is 1. The number of furan rings is 1. The van der Waals surface area contributed by atoms with E-state index in [0.717, 1.165) is 43.7 Å². The maximum absolute atomic E-state index is 13.0. The lowest BCUT2D eigenvalue weighted by Crippen LogP contribution is -2.51. The number of carbonyl (C=O) groups excluding carboxylic acids is 1. The lowest BCUT2D eigenvalue weighted by molar-refractivity contribution is -0.0287. The van der Waals surface area contributed by atoms with Crippen molar-refractivity contribution in [2.45, 2.75) is 62.4 Å². The minimum Gasteiger partial charge on any atom is -0.468 e. The molecule has 1 atom stereocenters. The molecule has 0 bridgehead atoms. The molecule has 3 heterocycles. The van der Waals surface area contributed by atoms with Gasteiger partial charge in [0.25, 0.3) is 5.91 Å². The van der Waals surface area contributed by atoms with Crippen LogP contribution in [0, 0.1) is 0 Å². The maximum Gasteiger partial charge on any atom is 0.257 e. The van der Waals surface area contributed by atoms with Crippen molar-refractivity contribution < 1.29 is 18.8 Å². The predicted molar refractivity (Wildman–Crippen MR) is 90.7 cm³/mol. The van der Waals surface area contributed by atoms with Gasteiger partial charge in [-0.25, -0.2) is 0 Å². The first-order chi connectivity index (χ1) is 12.6. The number of carbonyl (C=O) groups is 1. The van der Waals surface area contributed by atoms with Crippen LogP contribution >= 0.6 is 0 Å². The van der Waals surface area contributed by atoms with E-state index in [4.69, 9.17) is 8.94 Å². The predicted octanol–water partition coefficient (Wildman–Crippen LogP) is 2.63. The molecular formula is C19H23N3O4. The lowest BCUT2D eigenvalue weighted by Gasteiger charge is -2.38. The van der Waals surface area contributed by atoms with Gasteiger partial charge in [0, 0.05) is 18.4 Å². The fourth-order valence-electron chi connectivity index (χ4n) is 3.89. The molecule has 2 saturated carbocycles. The Bertz CT molecular complexity index is 820. The van der Waals surface area contributed by atoms with Crippen LogP contribution in [0.1, 0.15) is 78.2 Å². The first-order valence-electron chi connectivity index (χ1n) is 9.53. The number of aromatic nitrogens is 2. The second-order valence-electron chi connectivity index (χ2n) is 8.02. The van der Waals surface area contributed by atoms with Crippen molar-refractivity contribution in [1.29, 1.82) is 0 Å². The first-order valence-corrected chi connectivity index (χ1v) is 9.53. The highest BCUT2D eigenvalue weighted by Crippen LogP contribution is 2.42. The number of β-amino-alcohol motifs (C(OH)–C–C–N with tert-alkyl or cyclic N) is 1. The largest absolute Gasteiger partial charge is 0.468 e. The summed E-state index contributed by atoms with van der Waals surface area (Å²) in [5, 5.41) is 15.1. The molecule has 0 spiro atoms. The summed E-state index contributed by atoms with van der Waals surface area (Å²) in [6, 6.07) is 1.75. The van der Waals surface area contributed by atoms with Crippen molar-refractivity contribution in [2.75, 3.05) is 13.1 Å². The molecule has 2 aromatic heterocycles. The molecule has 7 nitrogen and oxygen atoms in total. The number of hydrogen-bond acceptors (Lipinski definition) is 6. The number of likely N-dealkylation sites (tertiary alicyclic amines) is 1. The summed E-state index contributed by atoms with van der Waals surface area (Å²) in [5.41, 5.74) is -0.379. The second kappa shape index (κ2) is 5.94. The van der Waals surface area contributed by atoms with Crippen molar-refractivity contribution in [3.8, 4) is 0 Å². The fourth-order valence-corrected chi connectivity index (χ4v) is 3.89. The fraction of sp³-hybridized carbons (Fsp3) is 0.632. The molecule has 1 amide bonds. The molecule has 1 saturated heterocycles. The number of piperidine rings is 1. The summed E-state index contributed by atoms with van der Waals surface area (Å²) < 4.78 is 10.9. The highest BCUT2D eigenvalue weighted by Gasteiger charge is 2.40. The van der Waals surface area contributed by atoms with Crippen LogP contribution in [0.15, 0.2) is 21.3 Å². The Morgan fingerprint density at radius 3 is 2.88 bits per heavy atom. The van der Waals surface area contributed by atoms with Gasteiger partial charge in [-0.1, -0.05) is 5.16 Å². The van der Waals surface area contributed by atoms with E-state index in [1.807, 2.05) is 0 Å². The topological polar surface area (TPSA) is 92.6 Å². The molecule has 0 aromatic carbocycles. The van der Waals surface area contributed by atoms with Crippen molar-refractivity contribution >= 4 is 5.91 Å². The first kappa shape index (κ1) is 16.1. The van der Waals surface area contributed by atoms with Gasteiger partial charge in [0.05, 0.1) is 30.4 Å².